The van der Waals surface area contributed by atoms with Crippen molar-refractivity contribution in [3.8, 4) is 5.75 Å². The second-order valence-electron chi connectivity index (χ2n) is 7.46. The highest BCUT2D eigenvalue weighted by Gasteiger charge is 2.36. The number of ether oxygens (including phenoxy) is 2. The van der Waals surface area contributed by atoms with E-state index in [4.69, 9.17) is 20.3 Å². The molecule has 1 fully saturated rings. The van der Waals surface area contributed by atoms with Crippen LogP contribution < -0.4 is 15.4 Å². The van der Waals surface area contributed by atoms with Gasteiger partial charge in [-0.3, -0.25) is 4.68 Å². The van der Waals surface area contributed by atoms with Gasteiger partial charge in [-0.15, -0.1) is 0 Å². The summed E-state index contributed by atoms with van der Waals surface area (Å²) in [4.78, 5) is 20.0. The van der Waals surface area contributed by atoms with E-state index in [0.29, 0.717) is 55.4 Å². The van der Waals surface area contributed by atoms with Crippen LogP contribution in [-0.4, -0.2) is 64.8 Å². The minimum atomic E-state index is -0.358. The second-order valence-corrected chi connectivity index (χ2v) is 7.46. The number of methoxy groups -OCH3 is 2. The van der Waals surface area contributed by atoms with Gasteiger partial charge in [-0.25, -0.2) is 9.78 Å². The van der Waals surface area contributed by atoms with E-state index >= 15 is 0 Å². The maximum absolute atomic E-state index is 12.1. The fourth-order valence-electron chi connectivity index (χ4n) is 3.95. The Morgan fingerprint density at radius 3 is 2.79 bits per heavy atom. The van der Waals surface area contributed by atoms with E-state index in [1.54, 1.807) is 24.3 Å². The van der Waals surface area contributed by atoms with Gasteiger partial charge in [-0.2, -0.15) is 5.10 Å². The molecule has 2 aromatic heterocycles. The molecule has 156 valence electrons. The predicted octanol–water partition coefficient (Wildman–Crippen LogP) is 1.46. The highest BCUT2D eigenvalue weighted by Crippen LogP contribution is 2.39. The number of anilines is 3. The summed E-state index contributed by atoms with van der Waals surface area (Å²) in [7, 11) is 4.81. The van der Waals surface area contributed by atoms with E-state index in [1.165, 1.54) is 7.11 Å². The Bertz CT molecular complexity index is 924. The third-order valence-electron chi connectivity index (χ3n) is 5.69. The van der Waals surface area contributed by atoms with Crippen molar-refractivity contribution in [2.75, 3.05) is 38.4 Å². The summed E-state index contributed by atoms with van der Waals surface area (Å²) in [5.74, 6) is 1.88. The molecule has 1 saturated carbocycles. The molecule has 0 radical (unpaired) electrons. The Morgan fingerprint density at radius 1 is 1.38 bits per heavy atom. The normalized spacial score (nSPS) is 20.6. The number of carbonyl (C=O) groups excluding carboxylic acids is 1. The lowest BCUT2D eigenvalue weighted by Crippen LogP contribution is -2.38. The van der Waals surface area contributed by atoms with Gasteiger partial charge in [-0.05, 0) is 12.8 Å². The van der Waals surface area contributed by atoms with Crippen LogP contribution in [0.1, 0.15) is 30.1 Å². The number of aliphatic hydroxyl groups excluding tert-OH is 1. The molecule has 0 unspecified atom stereocenters. The van der Waals surface area contributed by atoms with E-state index in [9.17, 15) is 9.90 Å². The zero-order chi connectivity index (χ0) is 20.7. The van der Waals surface area contributed by atoms with Crippen LogP contribution in [0.5, 0.6) is 5.75 Å². The third-order valence-corrected chi connectivity index (χ3v) is 5.69. The van der Waals surface area contributed by atoms with E-state index in [2.05, 4.69) is 4.98 Å². The summed E-state index contributed by atoms with van der Waals surface area (Å²) in [6.07, 6.45) is 2.97. The molecule has 10 nitrogen and oxygen atoms in total. The quantitative estimate of drug-likeness (QED) is 0.789. The van der Waals surface area contributed by atoms with Crippen molar-refractivity contribution >= 4 is 23.4 Å². The average Bonchev–Trinajstić information content (AvgIpc) is 3.09. The Kier molecular flexibility index (Phi) is 4.95. The lowest BCUT2D eigenvalue weighted by molar-refractivity contribution is 0.0417. The minimum Gasteiger partial charge on any atom is -0.494 e. The number of rotatable bonds is 4. The molecule has 2 aliphatic rings. The van der Waals surface area contributed by atoms with E-state index in [1.807, 2.05) is 16.6 Å². The van der Waals surface area contributed by atoms with Gasteiger partial charge in [0, 0.05) is 37.3 Å². The Morgan fingerprint density at radius 2 is 2.14 bits per heavy atom. The first kappa shape index (κ1) is 19.3. The molecule has 3 N–H and O–H groups in total. The first-order chi connectivity index (χ1) is 13.9. The standard InChI is InChI=1S/C19H26N6O4/c1-23(17-8-16(28-2)14(20)9-21-17)18-13-10-24(19(27)29-3)5-4-15(13)25(22-18)11-6-12(26)7-11/h8-9,11-12,26H,4-7,10,20H2,1-3H3. The van der Waals surface area contributed by atoms with Crippen LogP contribution in [0.2, 0.25) is 0 Å². The fraction of sp³-hybridized carbons (Fsp3) is 0.526. The highest BCUT2D eigenvalue weighted by atomic mass is 16.5. The van der Waals surface area contributed by atoms with Gasteiger partial charge < -0.3 is 30.1 Å². The minimum absolute atomic E-state index is 0.166. The summed E-state index contributed by atoms with van der Waals surface area (Å²) in [6, 6.07) is 1.92. The van der Waals surface area contributed by atoms with Gasteiger partial charge in [0.15, 0.2) is 5.82 Å². The van der Waals surface area contributed by atoms with Crippen molar-refractivity contribution in [1.29, 1.82) is 0 Å². The van der Waals surface area contributed by atoms with E-state index in [-0.39, 0.29) is 18.2 Å². The van der Waals surface area contributed by atoms with Crippen LogP contribution in [0.4, 0.5) is 22.1 Å². The molecule has 29 heavy (non-hydrogen) atoms. The molecule has 1 aliphatic heterocycles. The van der Waals surface area contributed by atoms with Crippen LogP contribution in [0.15, 0.2) is 12.3 Å². The summed E-state index contributed by atoms with van der Waals surface area (Å²) >= 11 is 0. The molecular weight excluding hydrogens is 376 g/mol. The Balaban J connectivity index is 1.73. The smallest absolute Gasteiger partial charge is 0.409 e. The number of nitrogens with two attached hydrogens (primary N) is 1. The number of pyridine rings is 1. The number of hydrogen-bond acceptors (Lipinski definition) is 8. The molecule has 0 saturated heterocycles. The molecule has 10 heteroatoms. The summed E-state index contributed by atoms with van der Waals surface area (Å²) < 4.78 is 12.2. The molecule has 2 aromatic rings. The number of aliphatic hydroxyl groups is 1. The number of aromatic nitrogens is 3. The van der Waals surface area contributed by atoms with Crippen LogP contribution in [0.25, 0.3) is 0 Å². The third kappa shape index (κ3) is 3.33. The molecular formula is C19H26N6O4. The van der Waals surface area contributed by atoms with Gasteiger partial charge in [0.1, 0.15) is 11.6 Å². The molecule has 3 heterocycles. The lowest BCUT2D eigenvalue weighted by Gasteiger charge is -2.34. The maximum Gasteiger partial charge on any atom is 0.409 e. The van der Waals surface area contributed by atoms with Gasteiger partial charge >= 0.3 is 6.09 Å². The molecule has 0 atom stereocenters. The van der Waals surface area contributed by atoms with E-state index < -0.39 is 0 Å². The van der Waals surface area contributed by atoms with Crippen molar-refractivity contribution in [3.05, 3.63) is 23.5 Å². The van der Waals surface area contributed by atoms with Gasteiger partial charge in [0.05, 0.1) is 44.8 Å². The Hall–Kier alpha value is -3.01. The SMILES string of the molecule is COC(=O)N1CCc2c(c(N(C)c3cc(OC)c(N)cn3)nn2C2CC(O)C2)C1. The molecule has 1 amide bonds. The highest BCUT2D eigenvalue weighted by molar-refractivity contribution is 5.70. The number of carbonyl (C=O) groups is 1. The fourth-order valence-corrected chi connectivity index (χ4v) is 3.95. The topological polar surface area (TPSA) is 119 Å². The maximum atomic E-state index is 12.1. The largest absolute Gasteiger partial charge is 0.494 e. The zero-order valence-corrected chi connectivity index (χ0v) is 16.8. The molecule has 0 spiro atoms. The van der Waals surface area contributed by atoms with Crippen molar-refractivity contribution in [1.82, 2.24) is 19.7 Å². The molecule has 0 aromatic carbocycles. The molecule has 1 aliphatic carbocycles. The van der Waals surface area contributed by atoms with Gasteiger partial charge in [-0.1, -0.05) is 0 Å². The monoisotopic (exact) mass is 402 g/mol. The first-order valence-electron chi connectivity index (χ1n) is 9.57. The number of nitrogens with zero attached hydrogens (tertiary/aromatic N) is 5. The summed E-state index contributed by atoms with van der Waals surface area (Å²) in [5.41, 5.74) is 8.40. The summed E-state index contributed by atoms with van der Waals surface area (Å²) in [6.45, 7) is 0.973. The summed E-state index contributed by atoms with van der Waals surface area (Å²) in [5, 5.41) is 14.6. The Labute approximate surface area is 168 Å². The van der Waals surface area contributed by atoms with Crippen LogP contribution >= 0.6 is 0 Å². The van der Waals surface area contributed by atoms with E-state index in [0.717, 1.165) is 11.3 Å². The molecule has 4 rings (SSSR count). The van der Waals surface area contributed by atoms with Crippen molar-refractivity contribution in [2.45, 2.75) is 38.0 Å². The first-order valence-corrected chi connectivity index (χ1v) is 9.57. The molecule has 0 bridgehead atoms. The van der Waals surface area contributed by atoms with Crippen LogP contribution in [-0.2, 0) is 17.7 Å². The van der Waals surface area contributed by atoms with Crippen molar-refractivity contribution in [3.63, 3.8) is 0 Å². The number of amides is 1. The van der Waals surface area contributed by atoms with Gasteiger partial charge in [0.25, 0.3) is 0 Å². The lowest BCUT2D eigenvalue weighted by atomic mass is 9.89. The second kappa shape index (κ2) is 7.43. The predicted molar refractivity (Wildman–Crippen MR) is 106 cm³/mol. The van der Waals surface area contributed by atoms with Crippen molar-refractivity contribution < 1.29 is 19.4 Å². The van der Waals surface area contributed by atoms with Gasteiger partial charge in [0.2, 0.25) is 0 Å². The zero-order valence-electron chi connectivity index (χ0n) is 16.8. The number of nitrogen functional groups attached to an aromatic ring is 1. The number of fused-ring (bicyclic) bond motifs is 1. The average molecular weight is 402 g/mol. The number of hydrogen-bond donors (Lipinski definition) is 2. The van der Waals surface area contributed by atoms with Crippen LogP contribution in [0, 0.1) is 0 Å². The van der Waals surface area contributed by atoms with Crippen molar-refractivity contribution in [2.24, 2.45) is 0 Å². The van der Waals surface area contributed by atoms with Crippen LogP contribution in [0.3, 0.4) is 0 Å².